The van der Waals surface area contributed by atoms with E-state index < -0.39 is 11.6 Å². The molecule has 0 amide bonds. The van der Waals surface area contributed by atoms with E-state index in [2.05, 4.69) is 0 Å². The number of aldehydes is 1. The molecule has 0 radical (unpaired) electrons. The average Bonchev–Trinajstić information content (AvgIpc) is 3.27. The highest BCUT2D eigenvalue weighted by atomic mass is 19.1. The minimum absolute atomic E-state index is 0.0271. The molecule has 0 bridgehead atoms. The van der Waals surface area contributed by atoms with Gasteiger partial charge in [0.2, 0.25) is 0 Å². The zero-order valence-electron chi connectivity index (χ0n) is 21.9. The number of phenols is 1. The second kappa shape index (κ2) is 12.5. The van der Waals surface area contributed by atoms with E-state index in [0.717, 1.165) is 18.9 Å². The number of hydrogen-bond donors (Lipinski definition) is 2. The van der Waals surface area contributed by atoms with Gasteiger partial charge in [-0.2, -0.15) is 0 Å². The summed E-state index contributed by atoms with van der Waals surface area (Å²) in [4.78, 5) is 11.5. The van der Waals surface area contributed by atoms with E-state index in [1.54, 1.807) is 35.9 Å². The van der Waals surface area contributed by atoms with E-state index in [1.165, 1.54) is 32.4 Å². The summed E-state index contributed by atoms with van der Waals surface area (Å²) in [5.74, 6) is -1.21. The van der Waals surface area contributed by atoms with Crippen LogP contribution in [-0.4, -0.2) is 56.1 Å². The lowest BCUT2D eigenvalue weighted by molar-refractivity contribution is 0.112. The number of rotatable bonds is 9. The van der Waals surface area contributed by atoms with Crippen LogP contribution in [0.5, 0.6) is 17.2 Å². The van der Waals surface area contributed by atoms with Crippen LogP contribution in [0.4, 0.5) is 8.78 Å². The number of aliphatic hydroxyl groups excluding tert-OH is 1. The van der Waals surface area contributed by atoms with Gasteiger partial charge in [0.25, 0.3) is 0 Å². The number of aromatic hydroxyl groups is 1. The number of benzene rings is 3. The number of aromatic nitrogens is 1. The van der Waals surface area contributed by atoms with E-state index >= 15 is 0 Å². The summed E-state index contributed by atoms with van der Waals surface area (Å²) in [6.07, 6.45) is 1.35. The van der Waals surface area contributed by atoms with Crippen molar-refractivity contribution >= 4 is 17.2 Å². The van der Waals surface area contributed by atoms with Crippen molar-refractivity contribution in [2.75, 3.05) is 35.0 Å². The summed E-state index contributed by atoms with van der Waals surface area (Å²) in [6, 6.07) is 11.9. The van der Waals surface area contributed by atoms with Gasteiger partial charge in [-0.05, 0) is 42.3 Å². The maximum absolute atomic E-state index is 14.7. The second-order valence-corrected chi connectivity index (χ2v) is 8.37. The summed E-state index contributed by atoms with van der Waals surface area (Å²) >= 11 is 0. The maximum atomic E-state index is 14.7. The molecule has 1 unspecified atom stereocenters. The Morgan fingerprint density at radius 1 is 0.974 bits per heavy atom. The first-order valence-corrected chi connectivity index (χ1v) is 11.9. The lowest BCUT2D eigenvalue weighted by Crippen LogP contribution is -2.12. The molecule has 9 heteroatoms. The molecular formula is C29H31F2NO6. The third-order valence-corrected chi connectivity index (χ3v) is 6.34. The third-order valence-electron chi connectivity index (χ3n) is 6.34. The Labute approximate surface area is 219 Å². The second-order valence-electron chi connectivity index (χ2n) is 8.37. The Morgan fingerprint density at radius 3 is 2.29 bits per heavy atom. The SMILES string of the molecule is CCC(COC)c1c(-c2ccc(C=O)c(OC)c2)c2c(O)cc(F)cc2n1-c1ccc(F)c(OC)c1.CO. The van der Waals surface area contributed by atoms with Crippen molar-refractivity contribution in [1.29, 1.82) is 0 Å². The van der Waals surface area contributed by atoms with Crippen LogP contribution in [-0.2, 0) is 4.74 Å². The van der Waals surface area contributed by atoms with Crippen LogP contribution in [0.25, 0.3) is 27.7 Å². The number of carbonyl (C=O) groups is 1. The molecule has 4 aromatic rings. The molecule has 4 rings (SSSR count). The molecule has 0 saturated carbocycles. The molecule has 38 heavy (non-hydrogen) atoms. The molecule has 0 spiro atoms. The Morgan fingerprint density at radius 2 is 1.68 bits per heavy atom. The maximum Gasteiger partial charge on any atom is 0.165 e. The number of nitrogens with zero attached hydrogens (tertiary/aromatic N) is 1. The molecule has 3 aromatic carbocycles. The fraction of sp³-hybridized carbons (Fsp3) is 0.276. The number of halogens is 2. The number of phenolic OH excluding ortho intramolecular Hbond substituents is 1. The normalized spacial score (nSPS) is 11.6. The minimum Gasteiger partial charge on any atom is -0.507 e. The number of carbonyl (C=O) groups excluding carboxylic acids is 1. The molecule has 0 aliphatic rings. The van der Waals surface area contributed by atoms with Crippen LogP contribution in [0, 0.1) is 11.6 Å². The highest BCUT2D eigenvalue weighted by Crippen LogP contribution is 2.46. The van der Waals surface area contributed by atoms with E-state index in [0.29, 0.717) is 58.3 Å². The van der Waals surface area contributed by atoms with Crippen LogP contribution in [0.3, 0.4) is 0 Å². The van der Waals surface area contributed by atoms with Crippen LogP contribution in [0.15, 0.2) is 48.5 Å². The number of ether oxygens (including phenoxy) is 3. The van der Waals surface area contributed by atoms with Crippen molar-refractivity contribution in [2.45, 2.75) is 19.3 Å². The number of hydrogen-bond acceptors (Lipinski definition) is 6. The Bertz CT molecular complexity index is 1430. The van der Waals surface area contributed by atoms with Crippen molar-refractivity contribution in [1.82, 2.24) is 4.57 Å². The predicted molar refractivity (Wildman–Crippen MR) is 142 cm³/mol. The van der Waals surface area contributed by atoms with Gasteiger partial charge in [-0.3, -0.25) is 4.79 Å². The highest BCUT2D eigenvalue weighted by molar-refractivity contribution is 6.04. The Kier molecular flexibility index (Phi) is 9.44. The topological polar surface area (TPSA) is 90.2 Å². The van der Waals surface area contributed by atoms with Gasteiger partial charge in [-0.25, -0.2) is 8.78 Å². The fourth-order valence-electron chi connectivity index (χ4n) is 4.68. The zero-order chi connectivity index (χ0) is 28.0. The average molecular weight is 528 g/mol. The lowest BCUT2D eigenvalue weighted by atomic mass is 9.92. The summed E-state index contributed by atoms with van der Waals surface area (Å²) in [7, 11) is 5.43. The fourth-order valence-corrected chi connectivity index (χ4v) is 4.68. The van der Waals surface area contributed by atoms with Crippen molar-refractivity contribution in [3.63, 3.8) is 0 Å². The van der Waals surface area contributed by atoms with E-state index in [9.17, 15) is 18.7 Å². The van der Waals surface area contributed by atoms with Gasteiger partial charge < -0.3 is 29.0 Å². The Hall–Kier alpha value is -3.95. The van der Waals surface area contributed by atoms with Crippen LogP contribution in [0.2, 0.25) is 0 Å². The highest BCUT2D eigenvalue weighted by Gasteiger charge is 2.28. The number of fused-ring (bicyclic) bond motifs is 1. The predicted octanol–water partition coefficient (Wildman–Crippen LogP) is 5.86. The van der Waals surface area contributed by atoms with Crippen LogP contribution >= 0.6 is 0 Å². The molecule has 0 aliphatic heterocycles. The van der Waals surface area contributed by atoms with Crippen molar-refractivity contribution in [3.05, 3.63) is 71.4 Å². The molecule has 202 valence electrons. The van der Waals surface area contributed by atoms with Gasteiger partial charge in [0, 0.05) is 49.2 Å². The number of methoxy groups -OCH3 is 3. The zero-order valence-corrected chi connectivity index (χ0v) is 21.9. The van der Waals surface area contributed by atoms with Gasteiger partial charge in [0.15, 0.2) is 17.9 Å². The van der Waals surface area contributed by atoms with Crippen molar-refractivity contribution in [3.8, 4) is 34.1 Å². The van der Waals surface area contributed by atoms with Crippen LogP contribution in [0.1, 0.15) is 35.3 Å². The van der Waals surface area contributed by atoms with Gasteiger partial charge in [-0.15, -0.1) is 0 Å². The molecule has 1 aromatic heterocycles. The van der Waals surface area contributed by atoms with Gasteiger partial charge in [0.05, 0.1) is 37.3 Å². The van der Waals surface area contributed by atoms with Gasteiger partial charge in [0.1, 0.15) is 17.3 Å². The minimum atomic E-state index is -0.625. The van der Waals surface area contributed by atoms with Crippen molar-refractivity contribution in [2.24, 2.45) is 0 Å². The quantitative estimate of drug-likeness (QED) is 0.265. The molecule has 7 nitrogen and oxygen atoms in total. The van der Waals surface area contributed by atoms with Gasteiger partial charge in [-0.1, -0.05) is 13.0 Å². The van der Waals surface area contributed by atoms with Crippen molar-refractivity contribution < 1.29 is 38.0 Å². The standard InChI is InChI=1S/C28H27F2NO5.CH4O/c1-5-16(15-34-2)28-26(17-6-7-18(14-32)24(10-17)35-3)27-22(11-19(29)12-23(27)33)31(28)20-8-9-21(30)25(13-20)36-4;1-2/h6-14,16,33H,5,15H2,1-4H3;2H,1H3. The smallest absolute Gasteiger partial charge is 0.165 e. The first-order chi connectivity index (χ1) is 18.4. The first-order valence-electron chi connectivity index (χ1n) is 11.9. The Balaban J connectivity index is 0.00000195. The van der Waals surface area contributed by atoms with E-state index in [1.807, 2.05) is 6.92 Å². The summed E-state index contributed by atoms with van der Waals surface area (Å²) in [5.41, 5.74) is 3.29. The number of aliphatic hydroxyl groups is 1. The first kappa shape index (κ1) is 28.6. The molecule has 1 atom stereocenters. The molecule has 0 aliphatic carbocycles. The lowest BCUT2D eigenvalue weighted by Gasteiger charge is -2.21. The van der Waals surface area contributed by atoms with E-state index in [-0.39, 0.29) is 17.4 Å². The summed E-state index contributed by atoms with van der Waals surface area (Å²) < 4.78 is 46.9. The molecule has 0 saturated heterocycles. The van der Waals surface area contributed by atoms with E-state index in [4.69, 9.17) is 19.3 Å². The third kappa shape index (κ3) is 5.20. The van der Waals surface area contributed by atoms with Gasteiger partial charge >= 0.3 is 0 Å². The van der Waals surface area contributed by atoms with Crippen LogP contribution < -0.4 is 9.47 Å². The molecule has 1 heterocycles. The molecule has 0 fully saturated rings. The summed E-state index contributed by atoms with van der Waals surface area (Å²) in [5, 5.41) is 18.4. The largest absolute Gasteiger partial charge is 0.507 e. The summed E-state index contributed by atoms with van der Waals surface area (Å²) in [6.45, 7) is 2.34. The molecule has 2 N–H and O–H groups in total. The molecular weight excluding hydrogens is 496 g/mol. The monoisotopic (exact) mass is 527 g/mol.